The lowest BCUT2D eigenvalue weighted by molar-refractivity contribution is 0.699. The molecular formula is C18H16N4OS. The lowest BCUT2D eigenvalue weighted by Crippen LogP contribution is -2.21. The SMILES string of the molecule is Cn1c(Nc2ccc(C#N)cc2)nc2sc3c(c2c1=O)CCCC3. The highest BCUT2D eigenvalue weighted by Crippen LogP contribution is 2.34. The molecule has 1 aliphatic rings. The van der Waals surface area contributed by atoms with Crippen LogP contribution in [0.4, 0.5) is 11.6 Å². The van der Waals surface area contributed by atoms with Gasteiger partial charge in [0.2, 0.25) is 5.95 Å². The molecule has 24 heavy (non-hydrogen) atoms. The topological polar surface area (TPSA) is 70.7 Å². The first-order valence-electron chi connectivity index (χ1n) is 7.96. The molecule has 0 radical (unpaired) electrons. The zero-order chi connectivity index (χ0) is 16.7. The summed E-state index contributed by atoms with van der Waals surface area (Å²) in [5.74, 6) is 0.524. The predicted molar refractivity (Wildman–Crippen MR) is 95.9 cm³/mol. The number of anilines is 2. The number of hydrogen-bond acceptors (Lipinski definition) is 5. The van der Waals surface area contributed by atoms with Crippen LogP contribution in [0, 0.1) is 11.3 Å². The highest BCUT2D eigenvalue weighted by atomic mass is 32.1. The van der Waals surface area contributed by atoms with E-state index in [1.165, 1.54) is 16.9 Å². The lowest BCUT2D eigenvalue weighted by atomic mass is 9.97. The summed E-state index contributed by atoms with van der Waals surface area (Å²) in [6.07, 6.45) is 4.37. The predicted octanol–water partition coefficient (Wildman–Crippen LogP) is 3.49. The van der Waals surface area contributed by atoms with E-state index in [4.69, 9.17) is 5.26 Å². The third kappa shape index (κ3) is 2.38. The van der Waals surface area contributed by atoms with Crippen molar-refractivity contribution in [3.8, 4) is 6.07 Å². The lowest BCUT2D eigenvalue weighted by Gasteiger charge is -2.12. The van der Waals surface area contributed by atoms with Gasteiger partial charge in [-0.2, -0.15) is 5.26 Å². The molecular weight excluding hydrogens is 320 g/mol. The molecule has 1 aromatic carbocycles. The van der Waals surface area contributed by atoms with Gasteiger partial charge in [0, 0.05) is 17.6 Å². The van der Waals surface area contributed by atoms with Gasteiger partial charge in [-0.15, -0.1) is 11.3 Å². The second kappa shape index (κ2) is 5.77. The van der Waals surface area contributed by atoms with Gasteiger partial charge in [-0.05, 0) is 55.5 Å². The second-order valence-electron chi connectivity index (χ2n) is 6.00. The maximum Gasteiger partial charge on any atom is 0.263 e. The van der Waals surface area contributed by atoms with Crippen molar-refractivity contribution in [3.63, 3.8) is 0 Å². The van der Waals surface area contributed by atoms with Crippen molar-refractivity contribution in [2.45, 2.75) is 25.7 Å². The van der Waals surface area contributed by atoms with Crippen LogP contribution in [0.25, 0.3) is 10.2 Å². The summed E-state index contributed by atoms with van der Waals surface area (Å²) in [5, 5.41) is 12.9. The molecule has 0 spiro atoms. The number of hydrogen-bond donors (Lipinski definition) is 1. The number of rotatable bonds is 2. The summed E-state index contributed by atoms with van der Waals surface area (Å²) in [6.45, 7) is 0. The number of benzene rings is 1. The first-order valence-corrected chi connectivity index (χ1v) is 8.77. The summed E-state index contributed by atoms with van der Waals surface area (Å²) in [4.78, 5) is 19.6. The molecule has 4 rings (SSSR count). The molecule has 2 aromatic heterocycles. The van der Waals surface area contributed by atoms with E-state index in [2.05, 4.69) is 16.4 Å². The number of nitrogens with one attached hydrogen (secondary N) is 1. The Kier molecular flexibility index (Phi) is 3.58. The molecule has 6 heteroatoms. The Morgan fingerprint density at radius 1 is 1.25 bits per heavy atom. The van der Waals surface area contributed by atoms with Gasteiger partial charge in [-0.3, -0.25) is 9.36 Å². The molecule has 0 bridgehead atoms. The molecule has 2 heterocycles. The molecule has 120 valence electrons. The fraction of sp³-hybridized carbons (Fsp3) is 0.278. The van der Waals surface area contributed by atoms with Crippen molar-refractivity contribution < 1.29 is 0 Å². The Balaban J connectivity index is 1.80. The van der Waals surface area contributed by atoms with E-state index in [-0.39, 0.29) is 5.56 Å². The number of fused-ring (bicyclic) bond motifs is 3. The number of nitrogens with zero attached hydrogens (tertiary/aromatic N) is 3. The van der Waals surface area contributed by atoms with E-state index in [9.17, 15) is 4.79 Å². The minimum absolute atomic E-state index is 0.00976. The maximum atomic E-state index is 12.8. The Morgan fingerprint density at radius 3 is 2.75 bits per heavy atom. The third-order valence-electron chi connectivity index (χ3n) is 4.47. The number of aromatic nitrogens is 2. The van der Waals surface area contributed by atoms with Crippen LogP contribution in [0.5, 0.6) is 0 Å². The van der Waals surface area contributed by atoms with Crippen LogP contribution in [0.15, 0.2) is 29.1 Å². The minimum atomic E-state index is 0.00976. The zero-order valence-electron chi connectivity index (χ0n) is 13.3. The molecule has 0 saturated heterocycles. The van der Waals surface area contributed by atoms with Crippen molar-refractivity contribution in [2.24, 2.45) is 7.05 Å². The summed E-state index contributed by atoms with van der Waals surface area (Å²) >= 11 is 1.65. The van der Waals surface area contributed by atoms with E-state index in [1.807, 2.05) is 12.1 Å². The van der Waals surface area contributed by atoms with Gasteiger partial charge in [-0.1, -0.05) is 0 Å². The van der Waals surface area contributed by atoms with Crippen LogP contribution in [0.3, 0.4) is 0 Å². The van der Waals surface area contributed by atoms with Crippen LogP contribution in [-0.2, 0) is 19.9 Å². The average molecular weight is 336 g/mol. The summed E-state index contributed by atoms with van der Waals surface area (Å²) in [5.41, 5.74) is 2.62. The van der Waals surface area contributed by atoms with Gasteiger partial charge in [0.05, 0.1) is 17.0 Å². The third-order valence-corrected chi connectivity index (χ3v) is 5.65. The normalized spacial score (nSPS) is 13.5. The molecule has 1 N–H and O–H groups in total. The Bertz CT molecular complexity index is 1020. The first-order chi connectivity index (χ1) is 11.7. The van der Waals surface area contributed by atoms with E-state index in [0.717, 1.165) is 35.2 Å². The van der Waals surface area contributed by atoms with Crippen molar-refractivity contribution >= 4 is 33.2 Å². The Morgan fingerprint density at radius 2 is 2.00 bits per heavy atom. The number of thiophene rings is 1. The second-order valence-corrected chi connectivity index (χ2v) is 7.09. The molecule has 5 nitrogen and oxygen atoms in total. The largest absolute Gasteiger partial charge is 0.325 e. The average Bonchev–Trinajstić information content (AvgIpc) is 2.98. The van der Waals surface area contributed by atoms with E-state index in [1.54, 1.807) is 35.1 Å². The molecule has 0 aliphatic heterocycles. The molecule has 0 atom stereocenters. The number of nitriles is 1. The van der Waals surface area contributed by atoms with E-state index < -0.39 is 0 Å². The molecule has 0 saturated carbocycles. The van der Waals surface area contributed by atoms with Crippen LogP contribution in [0.1, 0.15) is 28.8 Å². The molecule has 3 aromatic rings. The fourth-order valence-electron chi connectivity index (χ4n) is 3.15. The van der Waals surface area contributed by atoms with Crippen LogP contribution >= 0.6 is 11.3 Å². The molecule has 1 aliphatic carbocycles. The van der Waals surface area contributed by atoms with Gasteiger partial charge in [0.25, 0.3) is 5.56 Å². The van der Waals surface area contributed by atoms with Crippen molar-refractivity contribution in [1.29, 1.82) is 5.26 Å². The van der Waals surface area contributed by atoms with Crippen LogP contribution < -0.4 is 10.9 Å². The zero-order valence-corrected chi connectivity index (χ0v) is 14.1. The minimum Gasteiger partial charge on any atom is -0.325 e. The van der Waals surface area contributed by atoms with Gasteiger partial charge in [0.1, 0.15) is 4.83 Å². The first kappa shape index (κ1) is 14.9. The monoisotopic (exact) mass is 336 g/mol. The van der Waals surface area contributed by atoms with Gasteiger partial charge in [-0.25, -0.2) is 4.98 Å². The molecule has 0 fully saturated rings. The van der Waals surface area contributed by atoms with Crippen molar-refractivity contribution in [2.75, 3.05) is 5.32 Å². The Labute approximate surface area is 143 Å². The quantitative estimate of drug-likeness (QED) is 0.777. The fourth-order valence-corrected chi connectivity index (χ4v) is 4.41. The highest BCUT2D eigenvalue weighted by Gasteiger charge is 2.21. The standard InChI is InChI=1S/C18H16N4OS/c1-22-17(23)15-13-4-2-3-5-14(13)24-16(15)21-18(22)20-12-8-6-11(10-19)7-9-12/h6-9H,2-5H2,1H3,(H,20,21). The highest BCUT2D eigenvalue weighted by molar-refractivity contribution is 7.18. The Hall–Kier alpha value is -2.65. The van der Waals surface area contributed by atoms with Gasteiger partial charge in [0.15, 0.2) is 0 Å². The van der Waals surface area contributed by atoms with E-state index in [0.29, 0.717) is 11.5 Å². The summed E-state index contributed by atoms with van der Waals surface area (Å²) < 4.78 is 1.57. The molecule has 0 unspecified atom stereocenters. The van der Waals surface area contributed by atoms with Crippen LogP contribution in [0.2, 0.25) is 0 Å². The summed E-state index contributed by atoms with van der Waals surface area (Å²) in [6, 6.07) is 9.20. The number of aryl methyl sites for hydroxylation is 2. The van der Waals surface area contributed by atoms with Crippen molar-refractivity contribution in [3.05, 3.63) is 50.6 Å². The van der Waals surface area contributed by atoms with E-state index >= 15 is 0 Å². The van der Waals surface area contributed by atoms with Gasteiger partial charge >= 0.3 is 0 Å². The van der Waals surface area contributed by atoms with Crippen molar-refractivity contribution in [1.82, 2.24) is 9.55 Å². The molecule has 0 amide bonds. The summed E-state index contributed by atoms with van der Waals surface area (Å²) in [7, 11) is 1.74. The van der Waals surface area contributed by atoms with Gasteiger partial charge < -0.3 is 5.32 Å². The smallest absolute Gasteiger partial charge is 0.263 e. The maximum absolute atomic E-state index is 12.8. The van der Waals surface area contributed by atoms with Crippen LogP contribution in [-0.4, -0.2) is 9.55 Å².